The minimum Gasteiger partial charge on any atom is -0.309 e. The van der Waals surface area contributed by atoms with Crippen molar-refractivity contribution in [3.8, 4) is 56.1 Å². The topological polar surface area (TPSA) is 35.6 Å². The van der Waals surface area contributed by atoms with Crippen molar-refractivity contribution in [2.45, 2.75) is 0 Å². The minimum absolute atomic E-state index is 0.930. The molecule has 0 aliphatic carbocycles. The van der Waals surface area contributed by atoms with Crippen molar-refractivity contribution in [1.82, 2.24) is 19.1 Å². The molecule has 0 fully saturated rings. The molecule has 0 saturated heterocycles. The first-order valence-corrected chi connectivity index (χ1v) is 19.0. The molecule has 0 aliphatic heterocycles. The smallest absolute Gasteiger partial charge is 0.145 e. The van der Waals surface area contributed by atoms with Crippen molar-refractivity contribution in [1.29, 1.82) is 0 Å². The van der Waals surface area contributed by atoms with Gasteiger partial charge in [-0.15, -0.1) is 0 Å². The van der Waals surface area contributed by atoms with Crippen LogP contribution in [0.1, 0.15) is 0 Å². The number of pyridine rings is 2. The Labute approximate surface area is 324 Å². The van der Waals surface area contributed by atoms with Crippen LogP contribution in [0.25, 0.3) is 99.9 Å². The van der Waals surface area contributed by atoms with Gasteiger partial charge < -0.3 is 4.57 Å². The minimum atomic E-state index is 0.930. The zero-order valence-electron chi connectivity index (χ0n) is 30.4. The fourth-order valence-electron chi connectivity index (χ4n) is 8.38. The Hall–Kier alpha value is -7.56. The van der Waals surface area contributed by atoms with Crippen LogP contribution in [0.3, 0.4) is 0 Å². The Morgan fingerprint density at radius 1 is 0.339 bits per heavy atom. The lowest BCUT2D eigenvalue weighted by Gasteiger charge is -2.13. The second-order valence-corrected chi connectivity index (χ2v) is 14.2. The fourth-order valence-corrected chi connectivity index (χ4v) is 8.38. The third kappa shape index (κ3) is 5.23. The maximum Gasteiger partial charge on any atom is 0.145 e. The van der Waals surface area contributed by atoms with Gasteiger partial charge in [0.2, 0.25) is 0 Å². The first-order chi connectivity index (χ1) is 27.8. The van der Waals surface area contributed by atoms with Gasteiger partial charge in [-0.05, 0) is 77.4 Å². The Bertz CT molecular complexity index is 3160. The van der Waals surface area contributed by atoms with Crippen LogP contribution in [0, 0.1) is 0 Å². The highest BCUT2D eigenvalue weighted by molar-refractivity contribution is 6.15. The molecule has 0 N–H and O–H groups in total. The molecule has 0 radical (unpaired) electrons. The lowest BCUT2D eigenvalue weighted by molar-refractivity contribution is 1.14. The van der Waals surface area contributed by atoms with E-state index in [-0.39, 0.29) is 0 Å². The van der Waals surface area contributed by atoms with E-state index in [2.05, 4.69) is 197 Å². The van der Waals surface area contributed by atoms with Gasteiger partial charge in [0.25, 0.3) is 0 Å². The standard InChI is InChI=1S/C52H34N4/c1-4-14-35(15-5-1)39-32-47(36-16-6-2-7-17-36)54-48(33-39)37-25-28-41(29-26-37)56-50-34-38(27-30-44(50)46-23-13-31-53-52(46)56)42-21-12-22-45-43-20-10-11-24-49(43)55(51(42)45)40-18-8-3-9-19-40/h1-34H. The number of hydrogen-bond acceptors (Lipinski definition) is 2. The zero-order chi connectivity index (χ0) is 37.0. The summed E-state index contributed by atoms with van der Waals surface area (Å²) in [6.45, 7) is 0. The van der Waals surface area contributed by atoms with Gasteiger partial charge in [-0.3, -0.25) is 4.57 Å². The molecule has 0 bridgehead atoms. The lowest BCUT2D eigenvalue weighted by atomic mass is 10.00. The number of hydrogen-bond donors (Lipinski definition) is 0. The van der Waals surface area contributed by atoms with Crippen LogP contribution in [-0.4, -0.2) is 19.1 Å². The van der Waals surface area contributed by atoms with Gasteiger partial charge in [-0.2, -0.15) is 0 Å². The molecule has 4 heterocycles. The van der Waals surface area contributed by atoms with E-state index in [4.69, 9.17) is 9.97 Å². The van der Waals surface area contributed by atoms with Gasteiger partial charge in [-0.1, -0.05) is 140 Å². The predicted molar refractivity (Wildman–Crippen MR) is 232 cm³/mol. The molecule has 0 saturated carbocycles. The molecule has 262 valence electrons. The van der Waals surface area contributed by atoms with E-state index in [1.807, 2.05) is 18.3 Å². The molecular formula is C52H34N4. The molecule has 0 aliphatic rings. The molecule has 0 unspecified atom stereocenters. The quantitative estimate of drug-likeness (QED) is 0.172. The van der Waals surface area contributed by atoms with Crippen LogP contribution in [-0.2, 0) is 0 Å². The average molecular weight is 715 g/mol. The van der Waals surface area contributed by atoms with Crippen molar-refractivity contribution >= 4 is 43.7 Å². The largest absolute Gasteiger partial charge is 0.309 e. The maximum atomic E-state index is 5.19. The van der Waals surface area contributed by atoms with Gasteiger partial charge in [0.05, 0.1) is 27.9 Å². The molecule has 4 heteroatoms. The number of nitrogens with zero attached hydrogens (tertiary/aromatic N) is 4. The zero-order valence-corrected chi connectivity index (χ0v) is 30.4. The summed E-state index contributed by atoms with van der Waals surface area (Å²) < 4.78 is 4.71. The molecule has 0 atom stereocenters. The third-order valence-corrected chi connectivity index (χ3v) is 11.0. The van der Waals surface area contributed by atoms with Crippen LogP contribution in [0.5, 0.6) is 0 Å². The van der Waals surface area contributed by atoms with Gasteiger partial charge in [0.15, 0.2) is 0 Å². The van der Waals surface area contributed by atoms with Crippen LogP contribution in [0.4, 0.5) is 0 Å². The number of para-hydroxylation sites is 3. The molecule has 4 aromatic heterocycles. The molecule has 56 heavy (non-hydrogen) atoms. The predicted octanol–water partition coefficient (Wildman–Crippen LogP) is 13.3. The third-order valence-electron chi connectivity index (χ3n) is 11.0. The van der Waals surface area contributed by atoms with Gasteiger partial charge >= 0.3 is 0 Å². The first-order valence-electron chi connectivity index (χ1n) is 19.0. The van der Waals surface area contributed by atoms with E-state index >= 15 is 0 Å². The highest BCUT2D eigenvalue weighted by Gasteiger charge is 2.19. The molecule has 11 rings (SSSR count). The second kappa shape index (κ2) is 13.1. The van der Waals surface area contributed by atoms with Crippen molar-refractivity contribution in [2.24, 2.45) is 0 Å². The highest BCUT2D eigenvalue weighted by atomic mass is 15.0. The van der Waals surface area contributed by atoms with E-state index < -0.39 is 0 Å². The van der Waals surface area contributed by atoms with Crippen molar-refractivity contribution < 1.29 is 0 Å². The van der Waals surface area contributed by atoms with Crippen molar-refractivity contribution in [3.63, 3.8) is 0 Å². The number of aromatic nitrogens is 4. The summed E-state index contributed by atoms with van der Waals surface area (Å²) in [7, 11) is 0. The lowest BCUT2D eigenvalue weighted by Crippen LogP contribution is -1.97. The number of benzene rings is 7. The summed E-state index contributed by atoms with van der Waals surface area (Å²) >= 11 is 0. The summed E-state index contributed by atoms with van der Waals surface area (Å²) in [6, 6.07) is 71.2. The van der Waals surface area contributed by atoms with Crippen molar-refractivity contribution in [2.75, 3.05) is 0 Å². The number of rotatable bonds is 6. The second-order valence-electron chi connectivity index (χ2n) is 14.2. The molecule has 7 aromatic carbocycles. The van der Waals surface area contributed by atoms with Crippen LogP contribution in [0.15, 0.2) is 206 Å². The summed E-state index contributed by atoms with van der Waals surface area (Å²) in [5.74, 6) is 0. The Balaban J connectivity index is 1.08. The van der Waals surface area contributed by atoms with E-state index in [9.17, 15) is 0 Å². The van der Waals surface area contributed by atoms with Gasteiger partial charge in [0.1, 0.15) is 5.65 Å². The Kier molecular flexibility index (Phi) is 7.46. The van der Waals surface area contributed by atoms with Crippen LogP contribution < -0.4 is 0 Å². The van der Waals surface area contributed by atoms with Gasteiger partial charge in [-0.25, -0.2) is 9.97 Å². The van der Waals surface area contributed by atoms with Crippen LogP contribution in [0.2, 0.25) is 0 Å². The normalized spacial score (nSPS) is 11.6. The van der Waals surface area contributed by atoms with E-state index in [0.29, 0.717) is 0 Å². The van der Waals surface area contributed by atoms with E-state index in [1.165, 1.54) is 32.8 Å². The fraction of sp³-hybridized carbons (Fsp3) is 0. The molecular weight excluding hydrogens is 681 g/mol. The summed E-state index contributed by atoms with van der Waals surface area (Å²) in [5.41, 5.74) is 15.3. The van der Waals surface area contributed by atoms with E-state index in [1.54, 1.807) is 0 Å². The summed E-state index contributed by atoms with van der Waals surface area (Å²) in [4.78, 5) is 10.1. The Morgan fingerprint density at radius 3 is 1.70 bits per heavy atom. The monoisotopic (exact) mass is 714 g/mol. The highest BCUT2D eigenvalue weighted by Crippen LogP contribution is 2.41. The molecule has 0 spiro atoms. The van der Waals surface area contributed by atoms with E-state index in [0.717, 1.165) is 67.1 Å². The first kappa shape index (κ1) is 31.9. The number of fused-ring (bicyclic) bond motifs is 6. The Morgan fingerprint density at radius 2 is 0.929 bits per heavy atom. The summed E-state index contributed by atoms with van der Waals surface area (Å²) in [6.07, 6.45) is 1.89. The molecule has 11 aromatic rings. The molecule has 4 nitrogen and oxygen atoms in total. The summed E-state index contributed by atoms with van der Waals surface area (Å²) in [5, 5.41) is 4.77. The van der Waals surface area contributed by atoms with Gasteiger partial charge in [0, 0.05) is 55.8 Å². The van der Waals surface area contributed by atoms with Crippen molar-refractivity contribution in [3.05, 3.63) is 206 Å². The van der Waals surface area contributed by atoms with Crippen LogP contribution >= 0.6 is 0 Å². The average Bonchev–Trinajstić information content (AvgIpc) is 3.80. The SMILES string of the molecule is c1ccc(-c2cc(-c3ccccc3)nc(-c3ccc(-n4c5cc(-c6cccc7c8ccccc8n(-c8ccccc8)c67)ccc5c5cccnc54)cc3)c2)cc1. The molecule has 0 amide bonds. The maximum absolute atomic E-state index is 5.19.